The Labute approximate surface area is 78.8 Å². The number of aromatic nitrogens is 2. The van der Waals surface area contributed by atoms with Gasteiger partial charge in [-0.05, 0) is 0 Å². The van der Waals surface area contributed by atoms with Gasteiger partial charge in [0.15, 0.2) is 5.82 Å². The first-order chi connectivity index (χ1) is 5.58. The molecule has 0 amide bonds. The van der Waals surface area contributed by atoms with Crippen LogP contribution in [0.5, 0.6) is 0 Å². The average Bonchev–Trinajstić information content (AvgIpc) is 2.25. The minimum absolute atomic E-state index is 0.238. The molecule has 5 nitrogen and oxygen atoms in total. The Hall–Kier alpha value is -0.820. The summed E-state index contributed by atoms with van der Waals surface area (Å²) in [5.41, 5.74) is 0.125. The Balaban J connectivity index is 2.56. The van der Waals surface area contributed by atoms with Gasteiger partial charge < -0.3 is 15.6 Å². The van der Waals surface area contributed by atoms with Gasteiger partial charge in [-0.2, -0.15) is 0 Å². The van der Waals surface area contributed by atoms with Gasteiger partial charge in [-0.15, -0.1) is 25.3 Å². The van der Waals surface area contributed by atoms with Crippen molar-refractivity contribution in [1.29, 1.82) is 0 Å². The number of hydrogen-bond donors (Lipinski definition) is 5. The number of fused-ring (bicyclic) bond motifs is 1. The molecule has 1 aliphatic rings. The zero-order valence-electron chi connectivity index (χ0n) is 5.83. The van der Waals surface area contributed by atoms with E-state index in [1.807, 2.05) is 0 Å². The van der Waals surface area contributed by atoms with Crippen LogP contribution in [0.1, 0.15) is 0 Å². The highest BCUT2D eigenvalue weighted by Crippen LogP contribution is 2.32. The number of nitrogens with zero attached hydrogens (tertiary/aromatic N) is 1. The van der Waals surface area contributed by atoms with Crippen LogP contribution in [0.15, 0.2) is 11.1 Å². The number of nitrogens with one attached hydrogen (secondary N) is 3. The smallest absolute Gasteiger partial charge is 0.276 e. The maximum absolute atomic E-state index is 11.1. The first-order valence-electron chi connectivity index (χ1n) is 3.17. The normalized spacial score (nSPS) is 17.8. The molecule has 0 fully saturated rings. The minimum atomic E-state index is -0.899. The Morgan fingerprint density at radius 1 is 1.42 bits per heavy atom. The molecule has 0 bridgehead atoms. The number of aromatic amines is 1. The topological polar surface area (TPSA) is 69.8 Å². The Kier molecular flexibility index (Phi) is 1.52. The maximum Gasteiger partial charge on any atom is 0.276 e. The Bertz CT molecular complexity index is 374. The van der Waals surface area contributed by atoms with Gasteiger partial charge in [-0.25, -0.2) is 4.98 Å². The molecule has 0 saturated heterocycles. The van der Waals surface area contributed by atoms with E-state index in [-0.39, 0.29) is 5.56 Å². The highest BCUT2D eigenvalue weighted by molar-refractivity contribution is 8.01. The van der Waals surface area contributed by atoms with Gasteiger partial charge in [-0.3, -0.25) is 4.79 Å². The zero-order chi connectivity index (χ0) is 8.77. The van der Waals surface area contributed by atoms with Gasteiger partial charge in [0.05, 0.1) is 6.33 Å². The lowest BCUT2D eigenvalue weighted by atomic mass is 10.5. The second-order valence-corrected chi connectivity index (χ2v) is 4.07. The van der Waals surface area contributed by atoms with Crippen molar-refractivity contribution in [3.63, 3.8) is 0 Å². The summed E-state index contributed by atoms with van der Waals surface area (Å²) in [6.07, 6.45) is 1.32. The van der Waals surface area contributed by atoms with E-state index in [1.165, 1.54) is 6.33 Å². The third-order valence-corrected chi connectivity index (χ3v) is 1.89. The van der Waals surface area contributed by atoms with Crippen molar-refractivity contribution in [1.82, 2.24) is 9.97 Å². The quantitative estimate of drug-likeness (QED) is 0.305. The van der Waals surface area contributed by atoms with E-state index in [9.17, 15) is 4.79 Å². The van der Waals surface area contributed by atoms with Crippen LogP contribution in [0.3, 0.4) is 0 Å². The first kappa shape index (κ1) is 7.81. The number of rotatable bonds is 0. The summed E-state index contributed by atoms with van der Waals surface area (Å²) in [6.45, 7) is 0. The maximum atomic E-state index is 11.1. The summed E-state index contributed by atoms with van der Waals surface area (Å²) >= 11 is 8.18. The van der Waals surface area contributed by atoms with Crippen molar-refractivity contribution in [3.8, 4) is 0 Å². The van der Waals surface area contributed by atoms with Crippen molar-refractivity contribution < 1.29 is 0 Å². The van der Waals surface area contributed by atoms with Crippen LogP contribution in [0.25, 0.3) is 0 Å². The van der Waals surface area contributed by atoms with E-state index in [4.69, 9.17) is 0 Å². The molecule has 2 heterocycles. The lowest BCUT2D eigenvalue weighted by molar-refractivity contribution is 1.12. The molecule has 1 aromatic rings. The van der Waals surface area contributed by atoms with Crippen LogP contribution in [-0.2, 0) is 0 Å². The molecule has 1 aromatic heterocycles. The number of thiol groups is 2. The van der Waals surface area contributed by atoms with Gasteiger partial charge in [-0.1, -0.05) is 0 Å². The predicted molar refractivity (Wildman–Crippen MR) is 52.8 cm³/mol. The molecule has 1 aliphatic heterocycles. The van der Waals surface area contributed by atoms with Crippen LogP contribution in [0, 0.1) is 0 Å². The van der Waals surface area contributed by atoms with Gasteiger partial charge in [0.1, 0.15) is 5.69 Å². The lowest BCUT2D eigenvalue weighted by Crippen LogP contribution is -2.28. The second kappa shape index (κ2) is 2.33. The van der Waals surface area contributed by atoms with Crippen LogP contribution in [0.4, 0.5) is 11.5 Å². The standard InChI is InChI=1S/C5H6N4OS2/c10-4-2-3(6-1-7-4)9-5(11,12)8-2/h1,8,11-12H,(H2,6,7,9,10). The molecule has 0 unspecified atom stereocenters. The number of anilines is 2. The van der Waals surface area contributed by atoms with Crippen LogP contribution >= 0.6 is 25.3 Å². The molecule has 2 rings (SSSR count). The fourth-order valence-electron chi connectivity index (χ4n) is 0.981. The Morgan fingerprint density at radius 3 is 2.83 bits per heavy atom. The lowest BCUT2D eigenvalue weighted by Gasteiger charge is -2.15. The molecule has 0 atom stereocenters. The molecule has 0 aromatic carbocycles. The van der Waals surface area contributed by atoms with Crippen molar-refractivity contribution in [2.75, 3.05) is 10.6 Å². The molecular weight excluding hydrogens is 196 g/mol. The molecule has 0 spiro atoms. The SMILES string of the molecule is O=c1[nH]cnc2c1NC(S)(S)N2. The van der Waals surface area contributed by atoms with Crippen molar-refractivity contribution in [2.45, 2.75) is 4.33 Å². The largest absolute Gasteiger partial charge is 0.338 e. The summed E-state index contributed by atoms with van der Waals surface area (Å²) in [5.74, 6) is 0.462. The van der Waals surface area contributed by atoms with Gasteiger partial charge >= 0.3 is 0 Å². The fraction of sp³-hybridized carbons (Fsp3) is 0.200. The van der Waals surface area contributed by atoms with Crippen molar-refractivity contribution in [3.05, 3.63) is 16.7 Å². The third kappa shape index (κ3) is 1.14. The van der Waals surface area contributed by atoms with E-state index in [0.717, 1.165) is 0 Å². The number of H-pyrrole nitrogens is 1. The summed E-state index contributed by atoms with van der Waals surface area (Å²) in [7, 11) is 0. The second-order valence-electron chi connectivity index (χ2n) is 2.38. The molecule has 0 aliphatic carbocycles. The van der Waals surface area contributed by atoms with Gasteiger partial charge in [0, 0.05) is 0 Å². The third-order valence-electron chi connectivity index (χ3n) is 1.45. The zero-order valence-corrected chi connectivity index (χ0v) is 7.62. The first-order valence-corrected chi connectivity index (χ1v) is 4.07. The van der Waals surface area contributed by atoms with E-state index < -0.39 is 4.33 Å². The molecular formula is C5H6N4OS2. The number of hydrogen-bond acceptors (Lipinski definition) is 6. The summed E-state index contributed by atoms with van der Waals surface area (Å²) in [4.78, 5) is 17.5. The van der Waals surface area contributed by atoms with Crippen molar-refractivity contribution in [2.24, 2.45) is 0 Å². The monoisotopic (exact) mass is 202 g/mol. The van der Waals surface area contributed by atoms with Crippen LogP contribution < -0.4 is 16.2 Å². The van der Waals surface area contributed by atoms with E-state index in [2.05, 4.69) is 45.9 Å². The fourth-order valence-corrected chi connectivity index (χ4v) is 1.42. The summed E-state index contributed by atoms with van der Waals surface area (Å²) in [5, 5.41) is 5.55. The predicted octanol–water partition coefficient (Wildman–Crippen LogP) is 0.0782. The van der Waals surface area contributed by atoms with Gasteiger partial charge in [0.25, 0.3) is 5.56 Å². The average molecular weight is 202 g/mol. The van der Waals surface area contributed by atoms with Crippen LogP contribution in [-0.4, -0.2) is 14.3 Å². The molecule has 12 heavy (non-hydrogen) atoms. The summed E-state index contributed by atoms with van der Waals surface area (Å²) in [6, 6.07) is 0. The van der Waals surface area contributed by atoms with Crippen LogP contribution in [0.2, 0.25) is 0 Å². The molecule has 0 radical (unpaired) electrons. The van der Waals surface area contributed by atoms with Crippen molar-refractivity contribution >= 4 is 36.8 Å². The minimum Gasteiger partial charge on any atom is -0.338 e. The van der Waals surface area contributed by atoms with E-state index in [0.29, 0.717) is 11.5 Å². The molecule has 3 N–H and O–H groups in total. The Morgan fingerprint density at radius 2 is 2.17 bits per heavy atom. The molecule has 64 valence electrons. The summed E-state index contributed by atoms with van der Waals surface area (Å²) < 4.78 is -0.899. The molecule has 0 saturated carbocycles. The van der Waals surface area contributed by atoms with E-state index in [1.54, 1.807) is 0 Å². The van der Waals surface area contributed by atoms with Gasteiger partial charge in [0.2, 0.25) is 4.33 Å². The molecule has 7 heteroatoms. The highest BCUT2D eigenvalue weighted by Gasteiger charge is 2.31. The van der Waals surface area contributed by atoms with E-state index >= 15 is 0 Å². The highest BCUT2D eigenvalue weighted by atomic mass is 32.2.